The highest BCUT2D eigenvalue weighted by atomic mass is 16.5. The van der Waals surface area contributed by atoms with Crippen molar-refractivity contribution in [1.29, 1.82) is 0 Å². The third-order valence-corrected chi connectivity index (χ3v) is 8.19. The van der Waals surface area contributed by atoms with Crippen molar-refractivity contribution < 1.29 is 19.1 Å². The molecule has 1 atom stereocenters. The van der Waals surface area contributed by atoms with Gasteiger partial charge >= 0.3 is 6.03 Å². The highest BCUT2D eigenvalue weighted by molar-refractivity contribution is 6.30. The Labute approximate surface area is 230 Å². The summed E-state index contributed by atoms with van der Waals surface area (Å²) in [6, 6.07) is 13.8. The molecule has 4 amide bonds. The van der Waals surface area contributed by atoms with Gasteiger partial charge in [0, 0.05) is 50.5 Å². The predicted octanol–water partition coefficient (Wildman–Crippen LogP) is 4.50. The normalized spacial score (nSPS) is 22.2. The first-order chi connectivity index (χ1) is 18.6. The first-order valence-electron chi connectivity index (χ1n) is 13.5. The van der Waals surface area contributed by atoms with Gasteiger partial charge in [-0.3, -0.25) is 19.4 Å². The number of imide groups is 2. The average Bonchev–Trinajstić information content (AvgIpc) is 3.42. The van der Waals surface area contributed by atoms with E-state index in [9.17, 15) is 14.4 Å². The fourth-order valence-corrected chi connectivity index (χ4v) is 5.91. The lowest BCUT2D eigenvalue weighted by molar-refractivity contribution is -0.135. The number of fused-ring (bicyclic) bond motifs is 3. The second kappa shape index (κ2) is 9.68. The Balaban J connectivity index is 1.51. The maximum Gasteiger partial charge on any atom is 0.333 e. The first kappa shape index (κ1) is 26.7. The lowest BCUT2D eigenvalue weighted by Gasteiger charge is -2.39. The van der Waals surface area contributed by atoms with E-state index in [2.05, 4.69) is 60.1 Å². The number of benzene rings is 2. The van der Waals surface area contributed by atoms with Crippen LogP contribution in [0.5, 0.6) is 0 Å². The molecule has 8 heteroatoms. The first-order valence-corrected chi connectivity index (χ1v) is 13.5. The van der Waals surface area contributed by atoms with E-state index in [1.165, 1.54) is 0 Å². The SMILES string of the molecule is CCN1C(=O)C(=Cc2ccc3c(c2)C(C)(C)C2(/C=C/c4ccc(N(C)C)cc4)OCCN32)C(=O)N(CC)C1=O. The lowest BCUT2D eigenvalue weighted by Crippen LogP contribution is -2.56. The molecule has 39 heavy (non-hydrogen) atoms. The van der Waals surface area contributed by atoms with Crippen LogP contribution in [0.15, 0.2) is 54.1 Å². The van der Waals surface area contributed by atoms with Gasteiger partial charge in [-0.25, -0.2) is 4.79 Å². The second-order valence-electron chi connectivity index (χ2n) is 10.9. The molecule has 3 aliphatic rings. The van der Waals surface area contributed by atoms with Crippen LogP contribution in [0.25, 0.3) is 12.2 Å². The van der Waals surface area contributed by atoms with E-state index in [1.54, 1.807) is 19.9 Å². The van der Waals surface area contributed by atoms with E-state index >= 15 is 0 Å². The van der Waals surface area contributed by atoms with Crippen LogP contribution in [0.1, 0.15) is 44.4 Å². The number of carbonyl (C=O) groups excluding carboxylic acids is 3. The molecule has 0 saturated carbocycles. The number of nitrogens with zero attached hydrogens (tertiary/aromatic N) is 4. The number of carbonyl (C=O) groups is 3. The maximum absolute atomic E-state index is 13.0. The average molecular weight is 529 g/mol. The van der Waals surface area contributed by atoms with Crippen molar-refractivity contribution in [2.24, 2.45) is 0 Å². The molecule has 0 spiro atoms. The van der Waals surface area contributed by atoms with E-state index < -0.39 is 29.0 Å². The molecule has 2 fully saturated rings. The minimum absolute atomic E-state index is 0.00147. The van der Waals surface area contributed by atoms with Crippen LogP contribution in [0.4, 0.5) is 16.2 Å². The Morgan fingerprint density at radius 2 is 1.54 bits per heavy atom. The van der Waals surface area contributed by atoms with Crippen LogP contribution in [0.3, 0.4) is 0 Å². The molecule has 5 rings (SSSR count). The van der Waals surface area contributed by atoms with Gasteiger partial charge in [-0.1, -0.05) is 38.1 Å². The summed E-state index contributed by atoms with van der Waals surface area (Å²) in [6.07, 6.45) is 5.88. The summed E-state index contributed by atoms with van der Waals surface area (Å²) in [7, 11) is 4.05. The van der Waals surface area contributed by atoms with Crippen LogP contribution < -0.4 is 9.80 Å². The number of urea groups is 1. The van der Waals surface area contributed by atoms with Gasteiger partial charge < -0.3 is 14.5 Å². The lowest BCUT2D eigenvalue weighted by atomic mass is 9.76. The number of rotatable bonds is 6. The van der Waals surface area contributed by atoms with E-state index in [0.29, 0.717) is 6.61 Å². The van der Waals surface area contributed by atoms with Crippen molar-refractivity contribution in [2.45, 2.75) is 38.8 Å². The zero-order valence-electron chi connectivity index (χ0n) is 23.5. The molecule has 0 bridgehead atoms. The summed E-state index contributed by atoms with van der Waals surface area (Å²) in [5.41, 5.74) is 4.04. The fourth-order valence-electron chi connectivity index (χ4n) is 5.91. The Morgan fingerprint density at radius 1 is 0.923 bits per heavy atom. The Hall–Kier alpha value is -3.91. The van der Waals surface area contributed by atoms with E-state index in [1.807, 2.05) is 32.3 Å². The standard InChI is InChI=1S/C31H36N4O4/c1-7-33-27(36)24(28(37)34(8-2)29(33)38)19-22-11-14-26-25(20-22)30(3,4)31(35(26)17-18-39-31)16-15-21-9-12-23(13-10-21)32(5)6/h9-16,19-20H,7-8,17-18H2,1-6H3/b16-15+. The number of ether oxygens (including phenoxy) is 1. The molecule has 2 aromatic rings. The van der Waals surface area contributed by atoms with Gasteiger partial charge in [-0.15, -0.1) is 0 Å². The summed E-state index contributed by atoms with van der Waals surface area (Å²) in [5, 5.41) is 0. The van der Waals surface area contributed by atoms with E-state index in [0.717, 1.165) is 44.4 Å². The molecule has 0 aliphatic carbocycles. The van der Waals surface area contributed by atoms with Crippen LogP contribution in [0.2, 0.25) is 0 Å². The maximum atomic E-state index is 13.0. The molecule has 2 aromatic carbocycles. The summed E-state index contributed by atoms with van der Waals surface area (Å²) in [6.45, 7) is 9.58. The molecular formula is C31H36N4O4. The van der Waals surface area contributed by atoms with Crippen LogP contribution in [-0.4, -0.2) is 73.7 Å². The van der Waals surface area contributed by atoms with Gasteiger partial charge in [0.1, 0.15) is 5.57 Å². The molecule has 0 aromatic heterocycles. The van der Waals surface area contributed by atoms with E-state index in [4.69, 9.17) is 4.74 Å². The number of likely N-dealkylation sites (N-methyl/N-ethyl adjacent to an activating group) is 2. The number of hydrogen-bond donors (Lipinski definition) is 0. The van der Waals surface area contributed by atoms with Crippen molar-refractivity contribution in [3.8, 4) is 0 Å². The highest BCUT2D eigenvalue weighted by Gasteiger charge is 2.59. The Kier molecular flexibility index (Phi) is 6.63. The van der Waals surface area contributed by atoms with Gasteiger partial charge in [0.15, 0.2) is 5.72 Å². The topological polar surface area (TPSA) is 73.4 Å². The minimum Gasteiger partial charge on any atom is -0.378 e. The van der Waals surface area contributed by atoms with Crippen LogP contribution >= 0.6 is 0 Å². The molecular weight excluding hydrogens is 492 g/mol. The summed E-state index contributed by atoms with van der Waals surface area (Å²) >= 11 is 0. The third-order valence-electron chi connectivity index (χ3n) is 8.19. The number of barbiturate groups is 1. The van der Waals surface area contributed by atoms with E-state index in [-0.39, 0.29) is 18.7 Å². The molecule has 3 aliphatic heterocycles. The predicted molar refractivity (Wildman–Crippen MR) is 153 cm³/mol. The number of amides is 4. The second-order valence-corrected chi connectivity index (χ2v) is 10.9. The quantitative estimate of drug-likeness (QED) is 0.406. The van der Waals surface area contributed by atoms with Crippen molar-refractivity contribution >= 4 is 41.4 Å². The molecule has 1 unspecified atom stereocenters. The van der Waals surface area contributed by atoms with Gasteiger partial charge in [0.2, 0.25) is 0 Å². The number of hydrogen-bond acceptors (Lipinski definition) is 6. The Morgan fingerprint density at radius 3 is 2.13 bits per heavy atom. The zero-order valence-corrected chi connectivity index (χ0v) is 23.5. The largest absolute Gasteiger partial charge is 0.378 e. The highest BCUT2D eigenvalue weighted by Crippen LogP contribution is 2.55. The van der Waals surface area contributed by atoms with Crippen LogP contribution in [-0.2, 0) is 19.7 Å². The van der Waals surface area contributed by atoms with Gasteiger partial charge in [-0.2, -0.15) is 0 Å². The number of anilines is 2. The van der Waals surface area contributed by atoms with Crippen molar-refractivity contribution in [1.82, 2.24) is 9.80 Å². The van der Waals surface area contributed by atoms with Crippen molar-refractivity contribution in [3.05, 3.63) is 70.8 Å². The van der Waals surface area contributed by atoms with Crippen LogP contribution in [0, 0.1) is 0 Å². The van der Waals surface area contributed by atoms with Gasteiger partial charge in [0.25, 0.3) is 11.8 Å². The zero-order chi connectivity index (χ0) is 28.1. The summed E-state index contributed by atoms with van der Waals surface area (Å²) in [5.74, 6) is -1.11. The molecule has 3 heterocycles. The van der Waals surface area contributed by atoms with Gasteiger partial charge in [-0.05, 0) is 67.0 Å². The molecule has 204 valence electrons. The molecule has 0 radical (unpaired) electrons. The molecule has 2 saturated heterocycles. The summed E-state index contributed by atoms with van der Waals surface area (Å²) < 4.78 is 6.50. The Bertz CT molecular complexity index is 1360. The molecule has 8 nitrogen and oxygen atoms in total. The third kappa shape index (κ3) is 4.05. The fraction of sp³-hybridized carbons (Fsp3) is 0.387. The monoisotopic (exact) mass is 528 g/mol. The minimum atomic E-state index is -0.664. The van der Waals surface area contributed by atoms with Gasteiger partial charge in [0.05, 0.1) is 6.61 Å². The van der Waals surface area contributed by atoms with Crippen molar-refractivity contribution in [2.75, 3.05) is 50.1 Å². The van der Waals surface area contributed by atoms with Crippen molar-refractivity contribution in [3.63, 3.8) is 0 Å². The smallest absolute Gasteiger partial charge is 0.333 e. The summed E-state index contributed by atoms with van der Waals surface area (Å²) in [4.78, 5) is 45.2. The molecule has 0 N–H and O–H groups in total.